The molecule has 3 atom stereocenters. The zero-order chi connectivity index (χ0) is 24.0. The Kier molecular flexibility index (Phi) is 8.68. The standard InChI is InChI=1S/C19H26ClF3N6O4/c1-12(33-14-10-26-27-17(31)16(14)19(21,22)23)11-32-7-2-15(30)28-3-5-29(6-4-28)18-24-8-13(20)9-25-18/h8-9,12,14,16,26H,2-7,10-11H2,1H3,(H,27,31)/t12-,14?,16?/m0/s1. The summed E-state index contributed by atoms with van der Waals surface area (Å²) < 4.78 is 50.3. The van der Waals surface area contributed by atoms with E-state index in [2.05, 4.69) is 15.4 Å². The predicted octanol–water partition coefficient (Wildman–Crippen LogP) is 0.772. The molecule has 1 aromatic heterocycles. The van der Waals surface area contributed by atoms with Crippen molar-refractivity contribution < 1.29 is 32.2 Å². The molecule has 33 heavy (non-hydrogen) atoms. The summed E-state index contributed by atoms with van der Waals surface area (Å²) in [5, 5.41) is 0.452. The van der Waals surface area contributed by atoms with Crippen LogP contribution in [0.25, 0.3) is 0 Å². The fraction of sp³-hybridized carbons (Fsp3) is 0.684. The molecule has 3 rings (SSSR count). The molecule has 2 fully saturated rings. The second-order valence-electron chi connectivity index (χ2n) is 7.77. The van der Waals surface area contributed by atoms with Gasteiger partial charge in [0.15, 0.2) is 5.92 Å². The minimum absolute atomic E-state index is 0.00232. The number of halogens is 4. The van der Waals surface area contributed by atoms with Crippen molar-refractivity contribution in [2.24, 2.45) is 5.92 Å². The molecule has 0 saturated carbocycles. The molecule has 2 aliphatic rings. The Bertz CT molecular complexity index is 808. The monoisotopic (exact) mass is 494 g/mol. The van der Waals surface area contributed by atoms with Gasteiger partial charge in [0.2, 0.25) is 17.8 Å². The van der Waals surface area contributed by atoms with Crippen molar-refractivity contribution in [2.45, 2.75) is 31.7 Å². The largest absolute Gasteiger partial charge is 0.403 e. The van der Waals surface area contributed by atoms with Crippen LogP contribution in [-0.4, -0.2) is 91.0 Å². The van der Waals surface area contributed by atoms with Gasteiger partial charge in [-0.05, 0) is 6.92 Å². The molecule has 0 bridgehead atoms. The summed E-state index contributed by atoms with van der Waals surface area (Å²) in [5.74, 6) is -2.95. The minimum Gasteiger partial charge on any atom is -0.378 e. The zero-order valence-electron chi connectivity index (χ0n) is 18.0. The quantitative estimate of drug-likeness (QED) is 0.510. The number of nitrogens with zero attached hydrogens (tertiary/aromatic N) is 4. The number of nitrogens with one attached hydrogen (secondary N) is 2. The molecule has 2 saturated heterocycles. The van der Waals surface area contributed by atoms with Crippen LogP contribution in [0, 0.1) is 5.92 Å². The van der Waals surface area contributed by atoms with E-state index in [1.54, 1.807) is 11.8 Å². The molecule has 184 valence electrons. The normalized spacial score (nSPS) is 22.8. The van der Waals surface area contributed by atoms with Crippen molar-refractivity contribution in [1.29, 1.82) is 0 Å². The Morgan fingerprint density at radius 1 is 1.27 bits per heavy atom. The number of rotatable bonds is 8. The maximum atomic E-state index is 13.1. The molecule has 2 unspecified atom stereocenters. The van der Waals surface area contributed by atoms with Crippen LogP contribution in [0.15, 0.2) is 12.4 Å². The maximum Gasteiger partial charge on any atom is 0.403 e. The number of hydrogen-bond donors (Lipinski definition) is 2. The van der Waals surface area contributed by atoms with Crippen LogP contribution in [0.4, 0.5) is 19.1 Å². The molecule has 10 nitrogen and oxygen atoms in total. The summed E-state index contributed by atoms with van der Waals surface area (Å²) in [5.41, 5.74) is 4.37. The van der Waals surface area contributed by atoms with Gasteiger partial charge in [0.25, 0.3) is 0 Å². The van der Waals surface area contributed by atoms with Gasteiger partial charge in [-0.3, -0.25) is 15.0 Å². The SMILES string of the molecule is C[C@@H](COCCC(=O)N1CCN(c2ncc(Cl)cn2)CC1)OC1CNNC(=O)C1C(F)(F)F. The minimum atomic E-state index is -4.71. The van der Waals surface area contributed by atoms with E-state index in [0.717, 1.165) is 0 Å². The first-order valence-electron chi connectivity index (χ1n) is 10.5. The highest BCUT2D eigenvalue weighted by molar-refractivity contribution is 6.30. The number of hydrazine groups is 1. The van der Waals surface area contributed by atoms with Gasteiger partial charge in [0.1, 0.15) is 0 Å². The summed E-state index contributed by atoms with van der Waals surface area (Å²) in [4.78, 5) is 36.0. The number of ether oxygens (including phenoxy) is 2. The number of alkyl halides is 3. The summed E-state index contributed by atoms with van der Waals surface area (Å²) in [6.45, 7) is 3.69. The topological polar surface area (TPSA) is 109 Å². The third-order valence-corrected chi connectivity index (χ3v) is 5.46. The van der Waals surface area contributed by atoms with Crippen LogP contribution < -0.4 is 15.8 Å². The second kappa shape index (κ2) is 11.3. The molecule has 0 aromatic carbocycles. The van der Waals surface area contributed by atoms with Crippen LogP contribution in [-0.2, 0) is 19.1 Å². The summed E-state index contributed by atoms with van der Waals surface area (Å²) >= 11 is 5.79. The molecule has 14 heteroatoms. The number of carbonyl (C=O) groups is 2. The number of aromatic nitrogens is 2. The van der Waals surface area contributed by atoms with E-state index < -0.39 is 30.2 Å². The highest BCUT2D eigenvalue weighted by Crippen LogP contribution is 2.32. The van der Waals surface area contributed by atoms with Crippen molar-refractivity contribution in [3.05, 3.63) is 17.4 Å². The lowest BCUT2D eigenvalue weighted by Gasteiger charge is -2.35. The van der Waals surface area contributed by atoms with E-state index in [9.17, 15) is 22.8 Å². The van der Waals surface area contributed by atoms with Crippen molar-refractivity contribution in [2.75, 3.05) is 50.8 Å². The smallest absolute Gasteiger partial charge is 0.378 e. The summed E-state index contributed by atoms with van der Waals surface area (Å²) in [7, 11) is 0. The first-order valence-corrected chi connectivity index (χ1v) is 10.9. The average Bonchev–Trinajstić information content (AvgIpc) is 2.76. The van der Waals surface area contributed by atoms with Crippen molar-refractivity contribution in [1.82, 2.24) is 25.7 Å². The van der Waals surface area contributed by atoms with Gasteiger partial charge in [-0.15, -0.1) is 0 Å². The van der Waals surface area contributed by atoms with Crippen molar-refractivity contribution in [3.63, 3.8) is 0 Å². The Morgan fingerprint density at radius 2 is 1.94 bits per heavy atom. The third kappa shape index (κ3) is 7.13. The van der Waals surface area contributed by atoms with Gasteiger partial charge in [-0.25, -0.2) is 15.4 Å². The lowest BCUT2D eigenvalue weighted by Crippen LogP contribution is -2.60. The van der Waals surface area contributed by atoms with Crippen LogP contribution in [0.5, 0.6) is 0 Å². The van der Waals surface area contributed by atoms with E-state index in [1.807, 2.05) is 10.3 Å². The number of amides is 2. The highest BCUT2D eigenvalue weighted by Gasteiger charge is 2.52. The van der Waals surface area contributed by atoms with Crippen molar-refractivity contribution >= 4 is 29.4 Å². The van der Waals surface area contributed by atoms with Gasteiger partial charge in [0.05, 0.1) is 49.3 Å². The molecule has 0 spiro atoms. The molecule has 2 amide bonds. The lowest BCUT2D eigenvalue weighted by molar-refractivity contribution is -0.219. The van der Waals surface area contributed by atoms with E-state index in [0.29, 0.717) is 37.1 Å². The van der Waals surface area contributed by atoms with E-state index in [1.165, 1.54) is 12.4 Å². The fourth-order valence-corrected chi connectivity index (χ4v) is 3.72. The number of piperazine rings is 1. The first-order chi connectivity index (χ1) is 15.6. The Hall–Kier alpha value is -2.22. The van der Waals surface area contributed by atoms with Crippen LogP contribution in [0.1, 0.15) is 13.3 Å². The molecule has 0 aliphatic carbocycles. The fourth-order valence-electron chi connectivity index (χ4n) is 3.62. The molecular weight excluding hydrogens is 469 g/mol. The zero-order valence-corrected chi connectivity index (χ0v) is 18.7. The van der Waals surface area contributed by atoms with Crippen molar-refractivity contribution in [3.8, 4) is 0 Å². The Balaban J connectivity index is 1.34. The van der Waals surface area contributed by atoms with Crippen LogP contribution in [0.2, 0.25) is 5.02 Å². The number of anilines is 1. The van der Waals surface area contributed by atoms with Crippen LogP contribution >= 0.6 is 11.6 Å². The molecule has 1 aromatic rings. The Labute approximate surface area is 193 Å². The lowest BCUT2D eigenvalue weighted by atomic mass is 9.99. The molecule has 3 heterocycles. The van der Waals surface area contributed by atoms with E-state index in [-0.39, 0.29) is 32.1 Å². The number of carbonyl (C=O) groups excluding carboxylic acids is 2. The predicted molar refractivity (Wildman–Crippen MR) is 111 cm³/mol. The second-order valence-corrected chi connectivity index (χ2v) is 8.21. The van der Waals surface area contributed by atoms with Gasteiger partial charge >= 0.3 is 6.18 Å². The molecule has 2 aliphatic heterocycles. The summed E-state index contributed by atoms with van der Waals surface area (Å²) in [6.07, 6.45) is -3.58. The van der Waals surface area contributed by atoms with Gasteiger partial charge < -0.3 is 19.3 Å². The first kappa shape index (κ1) is 25.4. The van der Waals surface area contributed by atoms with Crippen LogP contribution in [0.3, 0.4) is 0 Å². The van der Waals surface area contributed by atoms with Gasteiger partial charge in [0, 0.05) is 32.7 Å². The molecular formula is C19H26ClF3N6O4. The molecule has 2 N–H and O–H groups in total. The average molecular weight is 495 g/mol. The number of hydrogen-bond acceptors (Lipinski definition) is 8. The van der Waals surface area contributed by atoms with Gasteiger partial charge in [-0.1, -0.05) is 11.6 Å². The Morgan fingerprint density at radius 3 is 2.58 bits per heavy atom. The maximum absolute atomic E-state index is 13.1. The van der Waals surface area contributed by atoms with E-state index in [4.69, 9.17) is 21.1 Å². The third-order valence-electron chi connectivity index (χ3n) is 5.26. The highest BCUT2D eigenvalue weighted by atomic mass is 35.5. The van der Waals surface area contributed by atoms with E-state index >= 15 is 0 Å². The van der Waals surface area contributed by atoms with Gasteiger partial charge in [-0.2, -0.15) is 13.2 Å². The molecule has 0 radical (unpaired) electrons. The summed E-state index contributed by atoms with van der Waals surface area (Å²) in [6, 6.07) is 0.